The van der Waals surface area contributed by atoms with Gasteiger partial charge in [-0.1, -0.05) is 6.92 Å². The van der Waals surface area contributed by atoms with Gasteiger partial charge in [0, 0.05) is 6.54 Å². The van der Waals surface area contributed by atoms with Crippen molar-refractivity contribution in [1.29, 1.82) is 5.26 Å². The summed E-state index contributed by atoms with van der Waals surface area (Å²) in [4.78, 5) is 5.98. The van der Waals surface area contributed by atoms with Gasteiger partial charge in [-0.15, -0.1) is 11.3 Å². The lowest BCUT2D eigenvalue weighted by atomic mass is 10.2. The number of nitrogens with zero attached hydrogens (tertiary/aromatic N) is 3. The van der Waals surface area contributed by atoms with Gasteiger partial charge in [-0.25, -0.2) is 4.98 Å². The second kappa shape index (κ2) is 5.10. The van der Waals surface area contributed by atoms with Crippen molar-refractivity contribution in [2.75, 3.05) is 0 Å². The lowest BCUT2D eigenvalue weighted by molar-refractivity contribution is 0.705. The smallest absolute Gasteiger partial charge is 0.151 e. The van der Waals surface area contributed by atoms with Crippen LogP contribution in [-0.4, -0.2) is 9.55 Å². The average molecular weight is 281 g/mol. The predicted octanol–water partition coefficient (Wildman–Crippen LogP) is 4.35. The lowest BCUT2D eigenvalue weighted by Gasteiger charge is -2.07. The minimum absolute atomic E-state index is 0.660. The molecule has 0 amide bonds. The summed E-state index contributed by atoms with van der Waals surface area (Å²) >= 11 is 1.72. The first-order chi connectivity index (χ1) is 9.74. The van der Waals surface area contributed by atoms with Crippen LogP contribution in [0.4, 0.5) is 0 Å². The SMILES string of the molecule is CCCn1c(-c2sccc2C)nc2cc(C#N)ccc21. The molecule has 0 aliphatic carbocycles. The van der Waals surface area contributed by atoms with Crippen molar-refractivity contribution >= 4 is 22.4 Å². The number of fused-ring (bicyclic) bond motifs is 1. The third-order valence-electron chi connectivity index (χ3n) is 3.39. The molecule has 0 atom stereocenters. The number of hydrogen-bond acceptors (Lipinski definition) is 3. The second-order valence-electron chi connectivity index (χ2n) is 4.84. The van der Waals surface area contributed by atoms with Crippen LogP contribution in [0.25, 0.3) is 21.7 Å². The van der Waals surface area contributed by atoms with Crippen LogP contribution in [0.1, 0.15) is 24.5 Å². The molecule has 20 heavy (non-hydrogen) atoms. The van der Waals surface area contributed by atoms with E-state index in [1.807, 2.05) is 18.2 Å². The maximum Gasteiger partial charge on any atom is 0.151 e. The van der Waals surface area contributed by atoms with E-state index >= 15 is 0 Å². The normalized spacial score (nSPS) is 10.8. The Bertz CT molecular complexity index is 805. The van der Waals surface area contributed by atoms with E-state index in [4.69, 9.17) is 10.2 Å². The van der Waals surface area contributed by atoms with Crippen LogP contribution >= 0.6 is 11.3 Å². The van der Waals surface area contributed by atoms with E-state index in [0.717, 1.165) is 29.8 Å². The van der Waals surface area contributed by atoms with Crippen LogP contribution in [0.5, 0.6) is 0 Å². The number of benzene rings is 1. The molecule has 2 heterocycles. The molecular formula is C16H15N3S. The van der Waals surface area contributed by atoms with Gasteiger partial charge in [-0.2, -0.15) is 5.26 Å². The van der Waals surface area contributed by atoms with Crippen LogP contribution in [0.15, 0.2) is 29.6 Å². The third kappa shape index (κ3) is 2.00. The molecule has 0 aliphatic rings. The fourth-order valence-corrected chi connectivity index (χ4v) is 3.35. The van der Waals surface area contributed by atoms with Gasteiger partial charge in [0.25, 0.3) is 0 Å². The van der Waals surface area contributed by atoms with Crippen molar-refractivity contribution in [3.63, 3.8) is 0 Å². The zero-order chi connectivity index (χ0) is 14.1. The highest BCUT2D eigenvalue weighted by atomic mass is 32.1. The first kappa shape index (κ1) is 12.9. The highest BCUT2D eigenvalue weighted by Crippen LogP contribution is 2.31. The zero-order valence-corrected chi connectivity index (χ0v) is 12.4. The molecule has 1 aromatic carbocycles. The van der Waals surface area contributed by atoms with Gasteiger partial charge in [0.1, 0.15) is 0 Å². The van der Waals surface area contributed by atoms with Crippen molar-refractivity contribution < 1.29 is 0 Å². The minimum Gasteiger partial charge on any atom is -0.323 e. The topological polar surface area (TPSA) is 41.6 Å². The van der Waals surface area contributed by atoms with Crippen molar-refractivity contribution in [1.82, 2.24) is 9.55 Å². The summed E-state index contributed by atoms with van der Waals surface area (Å²) in [7, 11) is 0. The summed E-state index contributed by atoms with van der Waals surface area (Å²) in [6, 6.07) is 10.0. The van der Waals surface area contributed by atoms with E-state index < -0.39 is 0 Å². The average Bonchev–Trinajstić information content (AvgIpc) is 3.02. The number of aryl methyl sites for hydroxylation is 2. The van der Waals surface area contributed by atoms with Gasteiger partial charge in [0.2, 0.25) is 0 Å². The van der Waals surface area contributed by atoms with Crippen molar-refractivity contribution in [3.05, 3.63) is 40.8 Å². The predicted molar refractivity (Wildman–Crippen MR) is 82.8 cm³/mol. The molecule has 0 spiro atoms. The molecule has 3 nitrogen and oxygen atoms in total. The van der Waals surface area contributed by atoms with E-state index in [1.54, 1.807) is 11.3 Å². The van der Waals surface area contributed by atoms with Crippen LogP contribution in [0.2, 0.25) is 0 Å². The van der Waals surface area contributed by atoms with E-state index in [0.29, 0.717) is 5.56 Å². The summed E-state index contributed by atoms with van der Waals surface area (Å²) in [5.74, 6) is 1.02. The maximum atomic E-state index is 9.02. The highest BCUT2D eigenvalue weighted by Gasteiger charge is 2.15. The first-order valence-electron chi connectivity index (χ1n) is 6.69. The maximum absolute atomic E-state index is 9.02. The molecule has 0 bridgehead atoms. The summed E-state index contributed by atoms with van der Waals surface area (Å²) in [5, 5.41) is 11.1. The molecule has 0 unspecified atom stereocenters. The fourth-order valence-electron chi connectivity index (χ4n) is 2.42. The van der Waals surface area contributed by atoms with Gasteiger partial charge in [0.05, 0.1) is 27.5 Å². The van der Waals surface area contributed by atoms with E-state index in [9.17, 15) is 0 Å². The number of imidazole rings is 1. The molecule has 0 fully saturated rings. The largest absolute Gasteiger partial charge is 0.323 e. The van der Waals surface area contributed by atoms with E-state index in [1.165, 1.54) is 10.4 Å². The molecule has 3 rings (SSSR count). The molecule has 0 saturated carbocycles. The number of nitriles is 1. The molecule has 2 aromatic heterocycles. The number of rotatable bonds is 3. The van der Waals surface area contributed by atoms with Crippen molar-refractivity contribution in [3.8, 4) is 16.8 Å². The van der Waals surface area contributed by atoms with Gasteiger partial charge in [-0.3, -0.25) is 0 Å². The Balaban J connectivity index is 2.28. The summed E-state index contributed by atoms with van der Waals surface area (Å²) in [5.41, 5.74) is 3.92. The van der Waals surface area contributed by atoms with Crippen molar-refractivity contribution in [2.45, 2.75) is 26.8 Å². The second-order valence-corrected chi connectivity index (χ2v) is 5.75. The summed E-state index contributed by atoms with van der Waals surface area (Å²) < 4.78 is 2.26. The van der Waals surface area contributed by atoms with Crippen LogP contribution in [-0.2, 0) is 6.54 Å². The van der Waals surface area contributed by atoms with Gasteiger partial charge >= 0.3 is 0 Å². The monoisotopic (exact) mass is 281 g/mol. The highest BCUT2D eigenvalue weighted by molar-refractivity contribution is 7.13. The molecule has 0 radical (unpaired) electrons. The molecule has 3 aromatic rings. The number of aromatic nitrogens is 2. The van der Waals surface area contributed by atoms with Gasteiger partial charge < -0.3 is 4.57 Å². The Hall–Kier alpha value is -2.12. The van der Waals surface area contributed by atoms with Crippen LogP contribution < -0.4 is 0 Å². The lowest BCUT2D eigenvalue weighted by Crippen LogP contribution is -1.99. The van der Waals surface area contributed by atoms with E-state index in [2.05, 4.69) is 35.9 Å². The van der Waals surface area contributed by atoms with Gasteiger partial charge in [0.15, 0.2) is 5.82 Å². The summed E-state index contributed by atoms with van der Waals surface area (Å²) in [6.45, 7) is 5.22. The Morgan fingerprint density at radius 3 is 2.85 bits per heavy atom. The Morgan fingerprint density at radius 1 is 1.35 bits per heavy atom. The first-order valence-corrected chi connectivity index (χ1v) is 7.57. The molecule has 0 saturated heterocycles. The standard InChI is InChI=1S/C16H15N3S/c1-3-7-19-14-5-4-12(10-17)9-13(14)18-16(19)15-11(2)6-8-20-15/h4-6,8-9H,3,7H2,1-2H3. The van der Waals surface area contributed by atoms with Crippen LogP contribution in [0, 0.1) is 18.3 Å². The quantitative estimate of drug-likeness (QED) is 0.716. The molecule has 100 valence electrons. The fraction of sp³-hybridized carbons (Fsp3) is 0.250. The number of hydrogen-bond donors (Lipinski definition) is 0. The summed E-state index contributed by atoms with van der Waals surface area (Å²) in [6.07, 6.45) is 1.06. The van der Waals surface area contributed by atoms with Crippen LogP contribution in [0.3, 0.4) is 0 Å². The van der Waals surface area contributed by atoms with E-state index in [-0.39, 0.29) is 0 Å². The third-order valence-corrected chi connectivity index (χ3v) is 4.40. The minimum atomic E-state index is 0.660. The molecule has 4 heteroatoms. The molecular weight excluding hydrogens is 266 g/mol. The molecule has 0 aliphatic heterocycles. The Labute approximate surface area is 122 Å². The Kier molecular flexibility index (Phi) is 3.29. The molecule has 0 N–H and O–H groups in total. The van der Waals surface area contributed by atoms with Gasteiger partial charge in [-0.05, 0) is 48.6 Å². The van der Waals surface area contributed by atoms with Crippen molar-refractivity contribution in [2.24, 2.45) is 0 Å². The number of thiophene rings is 1. The Morgan fingerprint density at radius 2 is 2.20 bits per heavy atom. The zero-order valence-electron chi connectivity index (χ0n) is 11.6.